The molecule has 106 valence electrons. The van der Waals surface area contributed by atoms with Crippen LogP contribution in [0.1, 0.15) is 78.6 Å². The first-order valence-corrected chi connectivity index (χ1v) is 10.2. The summed E-state index contributed by atoms with van der Waals surface area (Å²) in [6.45, 7) is 6.44. The SMILES string of the molecule is CCCCCCC[CH2][AlH][CH2]CCC(=O)C(C)CC. The van der Waals surface area contributed by atoms with Crippen LogP contribution in [-0.4, -0.2) is 21.0 Å². The van der Waals surface area contributed by atoms with Gasteiger partial charge in [-0.1, -0.05) is 76.3 Å². The van der Waals surface area contributed by atoms with Crippen molar-refractivity contribution in [2.75, 3.05) is 0 Å². The molecular formula is C16H33AlO. The summed E-state index contributed by atoms with van der Waals surface area (Å²) in [7, 11) is 0. The van der Waals surface area contributed by atoms with Crippen molar-refractivity contribution in [2.45, 2.75) is 89.1 Å². The Labute approximate surface area is 121 Å². The maximum atomic E-state index is 11.6. The van der Waals surface area contributed by atoms with E-state index in [2.05, 4.69) is 20.8 Å². The number of carbonyl (C=O) groups is 1. The monoisotopic (exact) mass is 268 g/mol. The average molecular weight is 268 g/mol. The van der Waals surface area contributed by atoms with Crippen LogP contribution < -0.4 is 0 Å². The van der Waals surface area contributed by atoms with Crippen molar-refractivity contribution in [1.29, 1.82) is 0 Å². The molecule has 0 aliphatic carbocycles. The lowest BCUT2D eigenvalue weighted by molar-refractivity contribution is -0.122. The summed E-state index contributed by atoms with van der Waals surface area (Å²) >= 11 is 0.146. The van der Waals surface area contributed by atoms with Gasteiger partial charge in [0, 0.05) is 12.3 Å². The van der Waals surface area contributed by atoms with Gasteiger partial charge in [-0.3, -0.25) is 4.79 Å². The van der Waals surface area contributed by atoms with Crippen LogP contribution in [0.15, 0.2) is 0 Å². The zero-order chi connectivity index (χ0) is 13.6. The quantitative estimate of drug-likeness (QED) is 0.339. The molecule has 0 radical (unpaired) electrons. The fourth-order valence-electron chi connectivity index (χ4n) is 2.26. The highest BCUT2D eigenvalue weighted by Crippen LogP contribution is 2.11. The number of rotatable bonds is 13. The van der Waals surface area contributed by atoms with Gasteiger partial charge in [0.15, 0.2) is 0 Å². The van der Waals surface area contributed by atoms with Gasteiger partial charge in [-0.05, 0) is 6.42 Å². The molecule has 0 aromatic rings. The molecule has 0 N–H and O–H groups in total. The van der Waals surface area contributed by atoms with Crippen molar-refractivity contribution < 1.29 is 4.79 Å². The summed E-state index contributed by atoms with van der Waals surface area (Å²) in [4.78, 5) is 11.6. The van der Waals surface area contributed by atoms with Crippen molar-refractivity contribution in [3.8, 4) is 0 Å². The van der Waals surface area contributed by atoms with Crippen LogP contribution in [-0.2, 0) is 4.79 Å². The maximum Gasteiger partial charge on any atom is 0.236 e. The molecule has 0 saturated heterocycles. The Bertz CT molecular complexity index is 192. The minimum atomic E-state index is 0.146. The van der Waals surface area contributed by atoms with E-state index in [0.717, 1.165) is 12.8 Å². The molecule has 0 rings (SSSR count). The Hall–Kier alpha value is 0.202. The molecule has 0 saturated carbocycles. The van der Waals surface area contributed by atoms with Crippen LogP contribution in [0.3, 0.4) is 0 Å². The Kier molecular flexibility index (Phi) is 13.8. The standard InChI is InChI=1S/C8H15O.C8H17.Al.H/c1-4-6-8(9)7(3)5-2;1-3-5-7-8-6-4-2;;/h7H,1,4-6H2,2-3H3;1,3-8H2,2H3;;. The molecule has 0 aromatic heterocycles. The highest BCUT2D eigenvalue weighted by Gasteiger charge is 2.09. The number of unbranched alkanes of at least 4 members (excludes halogenated alkanes) is 5. The van der Waals surface area contributed by atoms with E-state index in [1.807, 2.05) is 0 Å². The summed E-state index contributed by atoms with van der Waals surface area (Å²) in [5.41, 5.74) is 0. The van der Waals surface area contributed by atoms with Crippen molar-refractivity contribution in [3.63, 3.8) is 0 Å². The van der Waals surface area contributed by atoms with E-state index in [1.54, 1.807) is 0 Å². The molecule has 0 spiro atoms. The van der Waals surface area contributed by atoms with E-state index in [-0.39, 0.29) is 15.2 Å². The first kappa shape index (κ1) is 18.2. The fraction of sp³-hybridized carbons (Fsp3) is 0.938. The molecule has 0 aliphatic rings. The predicted molar refractivity (Wildman–Crippen MR) is 83.8 cm³/mol. The molecule has 0 fully saturated rings. The highest BCUT2D eigenvalue weighted by molar-refractivity contribution is 6.35. The third kappa shape index (κ3) is 11.3. The predicted octanol–water partition coefficient (Wildman–Crippen LogP) is 5.02. The second-order valence-electron chi connectivity index (χ2n) is 5.71. The zero-order valence-electron chi connectivity index (χ0n) is 13.0. The third-order valence-corrected chi connectivity index (χ3v) is 5.94. The Morgan fingerprint density at radius 3 is 2.22 bits per heavy atom. The van der Waals surface area contributed by atoms with Gasteiger partial charge in [0.1, 0.15) is 5.78 Å². The lowest BCUT2D eigenvalue weighted by Crippen LogP contribution is -2.09. The van der Waals surface area contributed by atoms with Gasteiger partial charge >= 0.3 is 0 Å². The van der Waals surface area contributed by atoms with Gasteiger partial charge < -0.3 is 0 Å². The van der Waals surface area contributed by atoms with E-state index in [0.29, 0.717) is 11.7 Å². The summed E-state index contributed by atoms with van der Waals surface area (Å²) in [6.07, 6.45) is 11.6. The molecule has 0 aliphatic heterocycles. The molecule has 1 atom stereocenters. The molecule has 18 heavy (non-hydrogen) atoms. The van der Waals surface area contributed by atoms with Crippen LogP contribution in [0.4, 0.5) is 0 Å². The Morgan fingerprint density at radius 1 is 0.944 bits per heavy atom. The topological polar surface area (TPSA) is 17.1 Å². The molecular weight excluding hydrogens is 235 g/mol. The minimum absolute atomic E-state index is 0.146. The maximum absolute atomic E-state index is 11.6. The van der Waals surface area contributed by atoms with Gasteiger partial charge in [0.25, 0.3) is 0 Å². The Morgan fingerprint density at radius 2 is 1.56 bits per heavy atom. The molecule has 0 heterocycles. The lowest BCUT2D eigenvalue weighted by atomic mass is 10.0. The van der Waals surface area contributed by atoms with Crippen LogP contribution in [0.2, 0.25) is 10.6 Å². The number of hydrogen-bond acceptors (Lipinski definition) is 1. The van der Waals surface area contributed by atoms with Crippen LogP contribution in [0.5, 0.6) is 0 Å². The average Bonchev–Trinajstić information content (AvgIpc) is 2.39. The van der Waals surface area contributed by atoms with E-state index in [1.165, 1.54) is 55.5 Å². The van der Waals surface area contributed by atoms with Crippen molar-refractivity contribution >= 4 is 21.0 Å². The smallest absolute Gasteiger partial charge is 0.236 e. The summed E-state index contributed by atoms with van der Waals surface area (Å²) in [6, 6.07) is 0. The van der Waals surface area contributed by atoms with Gasteiger partial charge in [0.05, 0.1) is 0 Å². The minimum Gasteiger partial charge on any atom is -0.299 e. The van der Waals surface area contributed by atoms with Crippen molar-refractivity contribution in [3.05, 3.63) is 0 Å². The second kappa shape index (κ2) is 13.6. The molecule has 2 heteroatoms. The van der Waals surface area contributed by atoms with Crippen molar-refractivity contribution in [2.24, 2.45) is 5.92 Å². The third-order valence-electron chi connectivity index (χ3n) is 3.94. The summed E-state index contributed by atoms with van der Waals surface area (Å²) in [5.74, 6) is 0.788. The summed E-state index contributed by atoms with van der Waals surface area (Å²) in [5, 5.41) is 2.89. The van der Waals surface area contributed by atoms with Crippen molar-refractivity contribution in [1.82, 2.24) is 0 Å². The molecule has 0 bridgehead atoms. The van der Waals surface area contributed by atoms with E-state index in [4.69, 9.17) is 0 Å². The second-order valence-corrected chi connectivity index (χ2v) is 7.83. The zero-order valence-corrected chi connectivity index (χ0v) is 14.4. The van der Waals surface area contributed by atoms with Gasteiger partial charge in [0.2, 0.25) is 15.2 Å². The number of hydrogen-bond donors (Lipinski definition) is 0. The van der Waals surface area contributed by atoms with Gasteiger partial charge in [-0.2, -0.15) is 0 Å². The largest absolute Gasteiger partial charge is 0.299 e. The summed E-state index contributed by atoms with van der Waals surface area (Å²) < 4.78 is 0. The highest BCUT2D eigenvalue weighted by atomic mass is 27.1. The first-order valence-electron chi connectivity index (χ1n) is 8.25. The van der Waals surface area contributed by atoms with Crippen LogP contribution >= 0.6 is 0 Å². The number of Topliss-reactive ketones (excluding diaryl/α,β-unsaturated/α-hetero) is 1. The molecule has 1 unspecified atom stereocenters. The first-order chi connectivity index (χ1) is 8.72. The van der Waals surface area contributed by atoms with Crippen LogP contribution in [0.25, 0.3) is 0 Å². The number of ketones is 1. The normalized spacial score (nSPS) is 12.4. The molecule has 1 nitrogen and oxygen atoms in total. The van der Waals surface area contributed by atoms with E-state index >= 15 is 0 Å². The van der Waals surface area contributed by atoms with E-state index < -0.39 is 0 Å². The van der Waals surface area contributed by atoms with Gasteiger partial charge in [-0.25, -0.2) is 0 Å². The van der Waals surface area contributed by atoms with Gasteiger partial charge in [-0.15, -0.1) is 0 Å². The Balaban J connectivity index is 3.14. The fourth-order valence-corrected chi connectivity index (χ4v) is 3.92. The molecule has 0 aromatic carbocycles. The number of carbonyl (C=O) groups excluding carboxylic acids is 1. The van der Waals surface area contributed by atoms with E-state index in [9.17, 15) is 4.79 Å². The molecule has 0 amide bonds. The van der Waals surface area contributed by atoms with Crippen LogP contribution in [0, 0.1) is 5.92 Å². The lowest BCUT2D eigenvalue weighted by Gasteiger charge is -2.06.